The highest BCUT2D eigenvalue weighted by atomic mass is 16.5. The normalized spacial score (nSPS) is 10.9. The van der Waals surface area contributed by atoms with Crippen molar-refractivity contribution in [2.24, 2.45) is 5.73 Å². The minimum Gasteiger partial charge on any atom is -0.483 e. The monoisotopic (exact) mass is 374 g/mol. The van der Waals surface area contributed by atoms with Gasteiger partial charge in [0.15, 0.2) is 6.61 Å². The average molecular weight is 374 g/mol. The lowest BCUT2D eigenvalue weighted by Gasteiger charge is -2.10. The predicted molar refractivity (Wildman–Crippen MR) is 107 cm³/mol. The third kappa shape index (κ3) is 3.66. The van der Waals surface area contributed by atoms with Crippen LogP contribution >= 0.6 is 0 Å². The highest BCUT2D eigenvalue weighted by Gasteiger charge is 2.11. The number of ether oxygens (including phenoxy) is 1. The van der Waals surface area contributed by atoms with E-state index in [0.717, 1.165) is 16.4 Å². The summed E-state index contributed by atoms with van der Waals surface area (Å²) in [7, 11) is 0. The largest absolute Gasteiger partial charge is 0.483 e. The van der Waals surface area contributed by atoms with Crippen LogP contribution in [0.25, 0.3) is 21.9 Å². The van der Waals surface area contributed by atoms with Crippen LogP contribution < -0.4 is 15.8 Å². The lowest BCUT2D eigenvalue weighted by molar-refractivity contribution is -0.118. The maximum atomic E-state index is 12.3. The molecule has 28 heavy (non-hydrogen) atoms. The molecule has 0 unspecified atom stereocenters. The molecule has 0 saturated carbocycles. The van der Waals surface area contributed by atoms with Crippen LogP contribution in [0.1, 0.15) is 5.56 Å². The molecule has 2 amide bonds. The van der Waals surface area contributed by atoms with Crippen LogP contribution in [0.15, 0.2) is 71.1 Å². The van der Waals surface area contributed by atoms with Crippen molar-refractivity contribution in [3.05, 3.63) is 72.3 Å². The minimum atomic E-state index is -0.459. The predicted octanol–water partition coefficient (Wildman–Crippen LogP) is 3.63. The van der Waals surface area contributed by atoms with Gasteiger partial charge in [-0.25, -0.2) is 0 Å². The van der Waals surface area contributed by atoms with Gasteiger partial charge in [-0.15, -0.1) is 0 Å². The first-order chi connectivity index (χ1) is 13.6. The molecule has 1 heterocycles. The van der Waals surface area contributed by atoms with Crippen LogP contribution in [0.3, 0.4) is 0 Å². The van der Waals surface area contributed by atoms with E-state index < -0.39 is 5.91 Å². The van der Waals surface area contributed by atoms with Crippen molar-refractivity contribution in [2.45, 2.75) is 6.42 Å². The molecule has 6 heteroatoms. The van der Waals surface area contributed by atoms with E-state index in [0.29, 0.717) is 22.6 Å². The minimum absolute atomic E-state index is 0.0561. The van der Waals surface area contributed by atoms with Gasteiger partial charge in [0.05, 0.1) is 6.42 Å². The van der Waals surface area contributed by atoms with E-state index in [-0.39, 0.29) is 18.9 Å². The van der Waals surface area contributed by atoms with Crippen LogP contribution in [-0.4, -0.2) is 18.4 Å². The molecule has 3 aromatic carbocycles. The number of hydrogen-bond donors (Lipinski definition) is 2. The lowest BCUT2D eigenvalue weighted by Crippen LogP contribution is -2.21. The van der Waals surface area contributed by atoms with Gasteiger partial charge in [-0.05, 0) is 24.3 Å². The molecule has 6 nitrogen and oxygen atoms in total. The summed E-state index contributed by atoms with van der Waals surface area (Å²) in [6.07, 6.45) is 0.0561. The van der Waals surface area contributed by atoms with Crippen LogP contribution in [0, 0.1) is 0 Å². The topological polar surface area (TPSA) is 94.6 Å². The molecule has 140 valence electrons. The van der Waals surface area contributed by atoms with Gasteiger partial charge in [0.2, 0.25) is 5.91 Å². The maximum absolute atomic E-state index is 12.3. The number of furan rings is 1. The van der Waals surface area contributed by atoms with Gasteiger partial charge in [-0.1, -0.05) is 36.4 Å². The molecule has 3 N–H and O–H groups in total. The van der Waals surface area contributed by atoms with Gasteiger partial charge in [-0.3, -0.25) is 9.59 Å². The molecule has 0 fully saturated rings. The summed E-state index contributed by atoms with van der Waals surface area (Å²) in [4.78, 5) is 23.4. The Morgan fingerprint density at radius 1 is 0.929 bits per heavy atom. The Bertz CT molecular complexity index is 1180. The number of anilines is 1. The summed E-state index contributed by atoms with van der Waals surface area (Å²) in [6.45, 7) is -0.187. The van der Waals surface area contributed by atoms with Gasteiger partial charge in [0.1, 0.15) is 16.9 Å². The van der Waals surface area contributed by atoms with Crippen molar-refractivity contribution in [1.82, 2.24) is 0 Å². The fourth-order valence-electron chi connectivity index (χ4n) is 3.12. The highest BCUT2D eigenvalue weighted by Crippen LogP contribution is 2.30. The van der Waals surface area contributed by atoms with Gasteiger partial charge in [-0.2, -0.15) is 0 Å². The molecule has 0 aliphatic heterocycles. The van der Waals surface area contributed by atoms with Crippen molar-refractivity contribution in [1.29, 1.82) is 0 Å². The molecule has 0 spiro atoms. The number of nitrogens with one attached hydrogen (secondary N) is 1. The zero-order chi connectivity index (χ0) is 19.5. The van der Waals surface area contributed by atoms with E-state index in [4.69, 9.17) is 14.9 Å². The SMILES string of the molecule is NC(=O)Cc1ccccc1OCC(=O)Nc1ccc2c(c1)oc1ccccc12. The smallest absolute Gasteiger partial charge is 0.262 e. The van der Waals surface area contributed by atoms with Crippen molar-refractivity contribution < 1.29 is 18.7 Å². The van der Waals surface area contributed by atoms with E-state index in [1.165, 1.54) is 0 Å². The number of amides is 2. The lowest BCUT2D eigenvalue weighted by atomic mass is 10.1. The second-order valence-electron chi connectivity index (χ2n) is 6.40. The number of carbonyl (C=O) groups is 2. The summed E-state index contributed by atoms with van der Waals surface area (Å²) in [6, 6.07) is 20.3. The van der Waals surface area contributed by atoms with Gasteiger partial charge in [0.25, 0.3) is 5.91 Å². The number of benzene rings is 3. The Kier molecular flexibility index (Phi) is 4.68. The second kappa shape index (κ2) is 7.44. The van der Waals surface area contributed by atoms with Crippen molar-refractivity contribution in [2.75, 3.05) is 11.9 Å². The van der Waals surface area contributed by atoms with Gasteiger partial charge >= 0.3 is 0 Å². The van der Waals surface area contributed by atoms with E-state index in [1.54, 1.807) is 30.3 Å². The summed E-state index contributed by atoms with van der Waals surface area (Å²) < 4.78 is 11.4. The summed E-state index contributed by atoms with van der Waals surface area (Å²) in [5.74, 6) is -0.312. The number of primary amides is 1. The molecule has 0 saturated heterocycles. The quantitative estimate of drug-likeness (QED) is 0.539. The first-order valence-corrected chi connectivity index (χ1v) is 8.80. The Morgan fingerprint density at radius 2 is 1.68 bits per heavy atom. The van der Waals surface area contributed by atoms with Crippen LogP contribution in [-0.2, 0) is 16.0 Å². The van der Waals surface area contributed by atoms with Crippen LogP contribution in [0.5, 0.6) is 5.75 Å². The fraction of sp³-hybridized carbons (Fsp3) is 0.0909. The maximum Gasteiger partial charge on any atom is 0.262 e. The van der Waals surface area contributed by atoms with Gasteiger partial charge < -0.3 is 20.2 Å². The Balaban J connectivity index is 1.45. The molecule has 0 aliphatic carbocycles. The van der Waals surface area contributed by atoms with Crippen molar-refractivity contribution >= 4 is 39.4 Å². The van der Waals surface area contributed by atoms with Gasteiger partial charge in [0, 0.05) is 28.1 Å². The van der Waals surface area contributed by atoms with Crippen molar-refractivity contribution in [3.63, 3.8) is 0 Å². The first-order valence-electron chi connectivity index (χ1n) is 8.80. The molecular weight excluding hydrogens is 356 g/mol. The molecular formula is C22H18N2O4. The van der Waals surface area contributed by atoms with E-state index in [9.17, 15) is 9.59 Å². The molecule has 0 radical (unpaired) electrons. The standard InChI is InChI=1S/C22H18N2O4/c23-21(25)11-14-5-1-3-7-18(14)27-13-22(26)24-15-9-10-17-16-6-2-4-8-19(16)28-20(17)12-15/h1-10,12H,11,13H2,(H2,23,25)(H,24,26). The summed E-state index contributed by atoms with van der Waals surface area (Å²) in [5.41, 5.74) is 8.01. The number of hydrogen-bond acceptors (Lipinski definition) is 4. The Labute approximate surface area is 160 Å². The molecule has 0 atom stereocenters. The number of carbonyl (C=O) groups excluding carboxylic acids is 2. The third-order valence-corrected chi connectivity index (χ3v) is 4.36. The molecule has 4 aromatic rings. The number of nitrogens with two attached hydrogens (primary N) is 1. The molecule has 0 aliphatic rings. The number of para-hydroxylation sites is 2. The van der Waals surface area contributed by atoms with Crippen LogP contribution in [0.4, 0.5) is 5.69 Å². The van der Waals surface area contributed by atoms with Crippen LogP contribution in [0.2, 0.25) is 0 Å². The number of fused-ring (bicyclic) bond motifs is 3. The number of rotatable bonds is 6. The second-order valence-corrected chi connectivity index (χ2v) is 6.40. The first kappa shape index (κ1) is 17.6. The zero-order valence-corrected chi connectivity index (χ0v) is 15.0. The highest BCUT2D eigenvalue weighted by molar-refractivity contribution is 6.06. The van der Waals surface area contributed by atoms with E-state index in [1.807, 2.05) is 36.4 Å². The van der Waals surface area contributed by atoms with E-state index >= 15 is 0 Å². The summed E-state index contributed by atoms with van der Waals surface area (Å²) in [5, 5.41) is 4.82. The molecule has 4 rings (SSSR count). The molecule has 0 bridgehead atoms. The average Bonchev–Trinajstić information content (AvgIpc) is 3.04. The third-order valence-electron chi connectivity index (χ3n) is 4.36. The molecule has 1 aromatic heterocycles. The summed E-state index contributed by atoms with van der Waals surface area (Å²) >= 11 is 0. The fourth-order valence-corrected chi connectivity index (χ4v) is 3.12. The zero-order valence-electron chi connectivity index (χ0n) is 15.0. The van der Waals surface area contributed by atoms with E-state index in [2.05, 4.69) is 5.32 Å². The Hall–Kier alpha value is -3.80. The Morgan fingerprint density at radius 3 is 2.54 bits per heavy atom. The van der Waals surface area contributed by atoms with Crippen molar-refractivity contribution in [3.8, 4) is 5.75 Å².